The normalized spacial score (nSPS) is 17.3. The average molecular weight is 399 g/mol. The van der Waals surface area contributed by atoms with Gasteiger partial charge in [-0.3, -0.25) is 9.59 Å². The highest BCUT2D eigenvalue weighted by molar-refractivity contribution is 7.80. The lowest BCUT2D eigenvalue weighted by molar-refractivity contribution is -0.135. The number of nitrogens with one attached hydrogen (secondary N) is 1. The zero-order chi connectivity index (χ0) is 19.9. The monoisotopic (exact) mass is 398 g/mol. The first-order valence-corrected chi connectivity index (χ1v) is 10.2. The van der Waals surface area contributed by atoms with Gasteiger partial charge in [0.2, 0.25) is 5.91 Å². The van der Waals surface area contributed by atoms with Crippen LogP contribution in [0.5, 0.6) is 0 Å². The zero-order valence-corrected chi connectivity index (χ0v) is 16.6. The fourth-order valence-corrected chi connectivity index (χ4v) is 4.00. The third-order valence-electron chi connectivity index (χ3n) is 5.12. The fourth-order valence-electron chi connectivity index (χ4n) is 3.70. The Hall–Kier alpha value is -2.47. The molecule has 0 radical (unpaired) electrons. The number of hydrogen-bond acceptors (Lipinski definition) is 4. The maximum Gasteiger partial charge on any atom is 0.323 e. The Morgan fingerprint density at radius 3 is 2.57 bits per heavy atom. The third-order valence-corrected chi connectivity index (χ3v) is 5.56. The molecule has 2 aromatic rings. The van der Waals surface area contributed by atoms with E-state index in [4.69, 9.17) is 0 Å². The number of aliphatic carboxylic acids is 1. The first kappa shape index (κ1) is 20.3. The molecular weight excluding hydrogens is 372 g/mol. The molecule has 3 rings (SSSR count). The van der Waals surface area contributed by atoms with Crippen LogP contribution in [-0.2, 0) is 22.4 Å². The van der Waals surface area contributed by atoms with Crippen LogP contribution in [0, 0.1) is 5.92 Å². The first-order chi connectivity index (χ1) is 13.6. The Bertz CT molecular complexity index is 812. The van der Waals surface area contributed by atoms with Gasteiger partial charge in [0.25, 0.3) is 0 Å². The van der Waals surface area contributed by atoms with E-state index in [1.807, 2.05) is 59.5 Å². The quantitative estimate of drug-likeness (QED) is 0.628. The lowest BCUT2D eigenvalue weighted by Crippen LogP contribution is -2.47. The van der Waals surface area contributed by atoms with Crippen molar-refractivity contribution >= 4 is 30.2 Å². The van der Waals surface area contributed by atoms with Crippen LogP contribution in [0.4, 0.5) is 5.69 Å². The topological polar surface area (TPSA) is 69.6 Å². The fraction of sp³-hybridized carbons (Fsp3) is 0.364. The lowest BCUT2D eigenvalue weighted by Gasteiger charge is -2.27. The van der Waals surface area contributed by atoms with Gasteiger partial charge < -0.3 is 15.3 Å². The number of fused-ring (bicyclic) bond motifs is 1. The van der Waals surface area contributed by atoms with E-state index in [1.165, 1.54) is 0 Å². The van der Waals surface area contributed by atoms with Crippen LogP contribution < -0.4 is 10.2 Å². The van der Waals surface area contributed by atoms with Crippen molar-refractivity contribution < 1.29 is 14.7 Å². The van der Waals surface area contributed by atoms with Gasteiger partial charge in [0.05, 0.1) is 5.92 Å². The summed E-state index contributed by atoms with van der Waals surface area (Å²) in [4.78, 5) is 26.1. The molecule has 0 bridgehead atoms. The van der Waals surface area contributed by atoms with Gasteiger partial charge in [0, 0.05) is 24.0 Å². The Morgan fingerprint density at radius 2 is 1.86 bits per heavy atom. The summed E-state index contributed by atoms with van der Waals surface area (Å²) < 4.78 is 0. The summed E-state index contributed by atoms with van der Waals surface area (Å²) in [5.74, 6) is -0.652. The predicted octanol–water partition coefficient (Wildman–Crippen LogP) is 2.80. The highest BCUT2D eigenvalue weighted by Crippen LogP contribution is 2.26. The molecule has 6 heteroatoms. The van der Waals surface area contributed by atoms with Crippen LogP contribution in [0.3, 0.4) is 0 Å². The minimum absolute atomic E-state index is 0.0231. The van der Waals surface area contributed by atoms with Gasteiger partial charge >= 0.3 is 5.97 Å². The molecule has 0 saturated heterocycles. The van der Waals surface area contributed by atoms with Crippen molar-refractivity contribution in [1.82, 2.24) is 5.32 Å². The van der Waals surface area contributed by atoms with Crippen LogP contribution in [0.1, 0.15) is 17.5 Å². The molecule has 0 aromatic heterocycles. The summed E-state index contributed by atoms with van der Waals surface area (Å²) in [5, 5.41) is 12.4. The molecule has 28 heavy (non-hydrogen) atoms. The Labute approximate surface area is 171 Å². The van der Waals surface area contributed by atoms with E-state index in [2.05, 4.69) is 17.9 Å². The van der Waals surface area contributed by atoms with Crippen LogP contribution in [-0.4, -0.2) is 41.9 Å². The van der Waals surface area contributed by atoms with E-state index in [-0.39, 0.29) is 24.4 Å². The van der Waals surface area contributed by atoms with Gasteiger partial charge in [-0.05, 0) is 36.5 Å². The summed E-state index contributed by atoms with van der Waals surface area (Å²) >= 11 is 4.38. The van der Waals surface area contributed by atoms with E-state index >= 15 is 0 Å². The predicted molar refractivity (Wildman–Crippen MR) is 114 cm³/mol. The van der Waals surface area contributed by atoms with Crippen molar-refractivity contribution in [3.05, 3.63) is 65.7 Å². The Kier molecular flexibility index (Phi) is 6.98. The Morgan fingerprint density at radius 1 is 1.14 bits per heavy atom. The molecule has 0 aliphatic carbocycles. The maximum atomic E-state index is 12.9. The second-order valence-electron chi connectivity index (χ2n) is 7.22. The molecule has 0 spiro atoms. The number of thiol groups is 1. The van der Waals surface area contributed by atoms with E-state index < -0.39 is 5.97 Å². The second-order valence-corrected chi connectivity index (χ2v) is 7.58. The first-order valence-electron chi connectivity index (χ1n) is 9.56. The van der Waals surface area contributed by atoms with Crippen molar-refractivity contribution in [3.8, 4) is 0 Å². The van der Waals surface area contributed by atoms with E-state index in [0.717, 1.165) is 29.7 Å². The minimum Gasteiger partial charge on any atom is -0.480 e. The van der Waals surface area contributed by atoms with Crippen molar-refractivity contribution in [2.45, 2.75) is 25.3 Å². The van der Waals surface area contributed by atoms with Crippen LogP contribution in [0.15, 0.2) is 54.6 Å². The molecule has 1 aliphatic heterocycles. The number of benzene rings is 2. The molecule has 1 heterocycles. The van der Waals surface area contributed by atoms with Crippen molar-refractivity contribution in [3.63, 3.8) is 0 Å². The molecule has 2 atom stereocenters. The smallest absolute Gasteiger partial charge is 0.323 e. The summed E-state index contributed by atoms with van der Waals surface area (Å²) in [6.07, 6.45) is 2.23. The van der Waals surface area contributed by atoms with Gasteiger partial charge in [-0.25, -0.2) is 0 Å². The number of hydrogen-bond donors (Lipinski definition) is 3. The molecule has 2 aromatic carbocycles. The van der Waals surface area contributed by atoms with Crippen LogP contribution in [0.25, 0.3) is 0 Å². The molecule has 1 amide bonds. The third kappa shape index (κ3) is 5.29. The molecular formula is C22H26N2O3S. The summed E-state index contributed by atoms with van der Waals surface area (Å²) in [6, 6.07) is 17.7. The van der Waals surface area contributed by atoms with Crippen LogP contribution >= 0.6 is 12.6 Å². The van der Waals surface area contributed by atoms with Gasteiger partial charge in [0.15, 0.2) is 0 Å². The lowest BCUT2D eigenvalue weighted by atomic mass is 9.99. The summed E-state index contributed by atoms with van der Waals surface area (Å²) in [6.45, 7) is 0.406. The number of carbonyl (C=O) groups is 2. The number of amides is 1. The minimum atomic E-state index is -0.876. The number of carbonyl (C=O) groups excluding carboxylic acids is 1. The maximum absolute atomic E-state index is 12.9. The van der Waals surface area contributed by atoms with E-state index in [9.17, 15) is 14.7 Å². The van der Waals surface area contributed by atoms with Crippen molar-refractivity contribution in [2.75, 3.05) is 23.7 Å². The Balaban J connectivity index is 1.69. The molecule has 2 unspecified atom stereocenters. The summed E-state index contributed by atoms with van der Waals surface area (Å²) in [7, 11) is 0. The standard InChI is InChI=1S/C22H26N2O3S/c25-21(26)14-24-13-19(11-10-17-8-4-5-9-20(17)24)23-22(27)18(15-28)12-16-6-2-1-3-7-16/h1-9,18-19,28H,10-15H2,(H,23,27)(H,25,26). The van der Waals surface area contributed by atoms with Crippen molar-refractivity contribution in [2.24, 2.45) is 5.92 Å². The number of rotatable bonds is 7. The molecule has 2 N–H and O–H groups in total. The summed E-state index contributed by atoms with van der Waals surface area (Å²) in [5.41, 5.74) is 3.17. The van der Waals surface area contributed by atoms with Gasteiger partial charge in [0.1, 0.15) is 6.54 Å². The molecule has 1 aliphatic rings. The largest absolute Gasteiger partial charge is 0.480 e. The number of para-hydroxylation sites is 1. The number of anilines is 1. The van der Waals surface area contributed by atoms with Crippen molar-refractivity contribution in [1.29, 1.82) is 0 Å². The van der Waals surface area contributed by atoms with Gasteiger partial charge in [-0.15, -0.1) is 0 Å². The number of aryl methyl sites for hydroxylation is 1. The molecule has 0 fully saturated rings. The number of carboxylic acid groups (broad SMARTS) is 1. The average Bonchev–Trinajstić information content (AvgIpc) is 2.86. The van der Waals surface area contributed by atoms with Gasteiger partial charge in [-0.2, -0.15) is 12.6 Å². The molecule has 0 saturated carbocycles. The number of nitrogens with zero attached hydrogens (tertiary/aromatic N) is 1. The SMILES string of the molecule is O=C(O)CN1CC(NC(=O)C(CS)Cc2ccccc2)CCc2ccccc21. The van der Waals surface area contributed by atoms with Crippen LogP contribution in [0.2, 0.25) is 0 Å². The highest BCUT2D eigenvalue weighted by Gasteiger charge is 2.26. The highest BCUT2D eigenvalue weighted by atomic mass is 32.1. The molecule has 5 nitrogen and oxygen atoms in total. The van der Waals surface area contributed by atoms with E-state index in [0.29, 0.717) is 18.7 Å². The van der Waals surface area contributed by atoms with Gasteiger partial charge in [-0.1, -0.05) is 48.5 Å². The zero-order valence-electron chi connectivity index (χ0n) is 15.8. The number of carboxylic acids is 1. The van der Waals surface area contributed by atoms with E-state index in [1.54, 1.807) is 0 Å². The second kappa shape index (κ2) is 9.64. The molecule has 148 valence electrons.